The van der Waals surface area contributed by atoms with Gasteiger partial charge in [0.1, 0.15) is 12.2 Å². The number of halogens is 1. The van der Waals surface area contributed by atoms with Crippen LogP contribution in [-0.2, 0) is 9.59 Å². The van der Waals surface area contributed by atoms with E-state index in [1.165, 1.54) is 0 Å². The van der Waals surface area contributed by atoms with Crippen LogP contribution >= 0.6 is 0 Å². The minimum absolute atomic E-state index is 0.105. The predicted octanol–water partition coefficient (Wildman–Crippen LogP) is 0.395. The van der Waals surface area contributed by atoms with Gasteiger partial charge in [-0.25, -0.2) is 4.39 Å². The molecule has 1 aromatic rings. The van der Waals surface area contributed by atoms with E-state index in [1.807, 2.05) is 6.07 Å². The summed E-state index contributed by atoms with van der Waals surface area (Å²) in [4.78, 5) is 57.5. The molecule has 5 heterocycles. The van der Waals surface area contributed by atoms with Crippen molar-refractivity contribution in [2.24, 2.45) is 0 Å². The van der Waals surface area contributed by atoms with Crippen molar-refractivity contribution in [3.63, 3.8) is 0 Å². The van der Waals surface area contributed by atoms with Crippen LogP contribution in [0.5, 0.6) is 0 Å². The third kappa shape index (κ3) is 3.51. The number of nitrogens with zero attached hydrogens (tertiary/aromatic N) is 4. The number of piperidine rings is 2. The lowest BCUT2D eigenvalue weighted by Crippen LogP contribution is -2.70. The zero-order chi connectivity index (χ0) is 23.6. The number of carbonyl (C=O) groups excluding carboxylic acids is 4. The zero-order valence-corrected chi connectivity index (χ0v) is 18.9. The molecule has 1 N–H and O–H groups in total. The molecule has 34 heavy (non-hydrogen) atoms. The molecule has 4 amide bonds. The molecule has 5 aliphatic rings. The molecule has 0 radical (unpaired) electrons. The largest absolute Gasteiger partial charge is 0.368 e. The number of fused-ring (bicyclic) bond motifs is 1. The van der Waals surface area contributed by atoms with Gasteiger partial charge < -0.3 is 4.90 Å². The summed E-state index contributed by atoms with van der Waals surface area (Å²) in [5.41, 5.74) is 1.49. The normalized spacial score (nSPS) is 29.2. The van der Waals surface area contributed by atoms with Crippen molar-refractivity contribution in [3.8, 4) is 0 Å². The Balaban J connectivity index is 1.07. The number of hydrogen-bond donors (Lipinski definition) is 1. The van der Waals surface area contributed by atoms with Crippen LogP contribution in [0, 0.1) is 0 Å². The Labute approximate surface area is 196 Å². The highest BCUT2D eigenvalue weighted by Crippen LogP contribution is 2.34. The van der Waals surface area contributed by atoms with Crippen molar-refractivity contribution in [2.45, 2.75) is 50.0 Å². The number of imide groups is 2. The lowest BCUT2D eigenvalue weighted by atomic mass is 9.96. The van der Waals surface area contributed by atoms with Crippen LogP contribution in [0.1, 0.15) is 46.4 Å². The van der Waals surface area contributed by atoms with E-state index in [9.17, 15) is 23.6 Å². The summed E-state index contributed by atoms with van der Waals surface area (Å²) in [6.07, 6.45) is 1.19. The molecule has 180 valence electrons. The maximum Gasteiger partial charge on any atom is 0.262 e. The Morgan fingerprint density at radius 2 is 1.59 bits per heavy atom. The van der Waals surface area contributed by atoms with Gasteiger partial charge in [-0.2, -0.15) is 0 Å². The Morgan fingerprint density at radius 1 is 0.853 bits per heavy atom. The quantitative estimate of drug-likeness (QED) is 0.638. The minimum atomic E-state index is -0.950. The van der Waals surface area contributed by atoms with Crippen LogP contribution in [0.4, 0.5) is 10.1 Å². The second-order valence-corrected chi connectivity index (χ2v) is 10.1. The minimum Gasteiger partial charge on any atom is -0.368 e. The van der Waals surface area contributed by atoms with E-state index in [0.717, 1.165) is 49.7 Å². The molecular weight excluding hydrogens is 441 g/mol. The van der Waals surface area contributed by atoms with E-state index >= 15 is 0 Å². The standard InChI is InChI=1S/C24H28FN5O4/c25-14-2-1-7-27(9-14)16-10-29(11-16)17-12-28(13-17)15-3-4-18-19(8-15)24(34)30(23(18)33)20-5-6-21(31)26-22(20)32/h3-4,8,14,16-17,20H,1-2,5-7,9-13H2,(H,26,31,32)/t14-,20?/m1/s1. The highest BCUT2D eigenvalue weighted by atomic mass is 19.1. The van der Waals surface area contributed by atoms with Crippen LogP contribution in [0.15, 0.2) is 18.2 Å². The van der Waals surface area contributed by atoms with Gasteiger partial charge in [0, 0.05) is 56.9 Å². The van der Waals surface area contributed by atoms with Crippen molar-refractivity contribution < 1.29 is 23.6 Å². The average Bonchev–Trinajstić information content (AvgIpc) is 2.99. The van der Waals surface area contributed by atoms with Gasteiger partial charge in [-0.3, -0.25) is 39.2 Å². The summed E-state index contributed by atoms with van der Waals surface area (Å²) in [6.45, 7) is 5.19. The molecule has 4 saturated heterocycles. The van der Waals surface area contributed by atoms with Gasteiger partial charge in [0.25, 0.3) is 11.8 Å². The third-order valence-corrected chi connectivity index (χ3v) is 7.97. The number of likely N-dealkylation sites (tertiary alicyclic amines) is 2. The van der Waals surface area contributed by atoms with Gasteiger partial charge in [0.15, 0.2) is 0 Å². The Bertz CT molecular complexity index is 1070. The number of hydrogen-bond acceptors (Lipinski definition) is 7. The fourth-order valence-corrected chi connectivity index (χ4v) is 5.85. The summed E-state index contributed by atoms with van der Waals surface area (Å²) in [5.74, 6) is -1.95. The predicted molar refractivity (Wildman–Crippen MR) is 120 cm³/mol. The lowest BCUT2D eigenvalue weighted by Gasteiger charge is -2.55. The number of rotatable bonds is 4. The van der Waals surface area contributed by atoms with Crippen molar-refractivity contribution in [3.05, 3.63) is 29.3 Å². The van der Waals surface area contributed by atoms with Crippen LogP contribution in [0.3, 0.4) is 0 Å². The van der Waals surface area contributed by atoms with Gasteiger partial charge in [-0.05, 0) is 44.0 Å². The van der Waals surface area contributed by atoms with Crippen LogP contribution in [-0.4, -0.2) is 102 Å². The Morgan fingerprint density at radius 3 is 2.32 bits per heavy atom. The van der Waals surface area contributed by atoms with Crippen molar-refractivity contribution >= 4 is 29.3 Å². The van der Waals surface area contributed by atoms with Crippen LogP contribution < -0.4 is 10.2 Å². The molecule has 10 heteroatoms. The fraction of sp³-hybridized carbons (Fsp3) is 0.583. The molecule has 0 spiro atoms. The van der Waals surface area contributed by atoms with Gasteiger partial charge in [-0.15, -0.1) is 0 Å². The number of amides is 4. The van der Waals surface area contributed by atoms with Crippen molar-refractivity contribution in [2.75, 3.05) is 44.2 Å². The summed E-state index contributed by atoms with van der Waals surface area (Å²) in [6, 6.07) is 5.19. The first-order valence-corrected chi connectivity index (χ1v) is 12.1. The molecular formula is C24H28FN5O4. The van der Waals surface area contributed by atoms with E-state index < -0.39 is 29.9 Å². The maximum absolute atomic E-state index is 13.7. The van der Waals surface area contributed by atoms with E-state index in [2.05, 4.69) is 20.0 Å². The smallest absolute Gasteiger partial charge is 0.262 e. The molecule has 2 atom stereocenters. The molecule has 6 rings (SSSR count). The molecule has 0 aromatic heterocycles. The maximum atomic E-state index is 13.7. The summed E-state index contributed by atoms with van der Waals surface area (Å²) < 4.78 is 13.7. The fourth-order valence-electron chi connectivity index (χ4n) is 5.85. The number of nitrogens with one attached hydrogen (secondary N) is 1. The zero-order valence-electron chi connectivity index (χ0n) is 18.9. The molecule has 9 nitrogen and oxygen atoms in total. The number of benzene rings is 1. The lowest BCUT2D eigenvalue weighted by molar-refractivity contribution is -0.136. The van der Waals surface area contributed by atoms with Gasteiger partial charge >= 0.3 is 0 Å². The van der Waals surface area contributed by atoms with E-state index in [1.54, 1.807) is 12.1 Å². The molecule has 0 aliphatic carbocycles. The SMILES string of the molecule is O=C1CCC(N2C(=O)c3ccc(N4CC(N5CC(N6CCC[C@@H](F)C6)C5)C4)cc3C2=O)C(=O)N1. The highest BCUT2D eigenvalue weighted by Gasteiger charge is 2.46. The molecule has 4 fully saturated rings. The van der Waals surface area contributed by atoms with Gasteiger partial charge in [-0.1, -0.05) is 0 Å². The Kier molecular flexibility index (Phi) is 5.18. The number of anilines is 1. The first-order chi connectivity index (χ1) is 16.4. The van der Waals surface area contributed by atoms with E-state index in [0.29, 0.717) is 36.2 Å². The number of alkyl halides is 1. The molecule has 1 aromatic carbocycles. The second-order valence-electron chi connectivity index (χ2n) is 10.1. The van der Waals surface area contributed by atoms with Gasteiger partial charge in [0.05, 0.1) is 11.1 Å². The van der Waals surface area contributed by atoms with Crippen LogP contribution in [0.25, 0.3) is 0 Å². The van der Waals surface area contributed by atoms with Crippen molar-refractivity contribution in [1.82, 2.24) is 20.0 Å². The molecule has 5 aliphatic heterocycles. The first-order valence-electron chi connectivity index (χ1n) is 12.1. The summed E-state index contributed by atoms with van der Waals surface area (Å²) >= 11 is 0. The average molecular weight is 470 g/mol. The van der Waals surface area contributed by atoms with Gasteiger partial charge in [0.2, 0.25) is 11.8 Å². The topological polar surface area (TPSA) is 93.3 Å². The number of carbonyl (C=O) groups is 4. The monoisotopic (exact) mass is 469 g/mol. The summed E-state index contributed by atoms with van der Waals surface area (Å²) in [5, 5.41) is 2.22. The van der Waals surface area contributed by atoms with Crippen LogP contribution in [0.2, 0.25) is 0 Å². The van der Waals surface area contributed by atoms with E-state index in [4.69, 9.17) is 0 Å². The van der Waals surface area contributed by atoms with E-state index in [-0.39, 0.29) is 18.7 Å². The molecule has 0 bridgehead atoms. The molecule has 1 unspecified atom stereocenters. The third-order valence-electron chi connectivity index (χ3n) is 7.97. The first kappa shape index (κ1) is 21.7. The molecule has 0 saturated carbocycles. The Hall–Kier alpha value is -2.85. The second kappa shape index (κ2) is 8.13. The highest BCUT2D eigenvalue weighted by molar-refractivity contribution is 6.23. The van der Waals surface area contributed by atoms with Crippen molar-refractivity contribution in [1.29, 1.82) is 0 Å². The summed E-state index contributed by atoms with van der Waals surface area (Å²) in [7, 11) is 0.